The number of ether oxygens (including phenoxy) is 2. The maximum atomic E-state index is 12.3. The average molecular weight is 329 g/mol. The van der Waals surface area contributed by atoms with Crippen LogP contribution in [-0.2, 0) is 20.7 Å². The highest BCUT2D eigenvalue weighted by Gasteiger charge is 2.45. The van der Waals surface area contributed by atoms with Crippen molar-refractivity contribution in [2.75, 3.05) is 0 Å². The standard InChI is InChI=1S/C19H23NO4/c1-11(2)23-14-7-5-6-13-10-15(24-12(3)4)19(18(13)14)20-16(21)8-9-17(20)22/h5-9,11-12,15,19H,10H2,1-4H3/t15-,19+/m0/s1. The molecule has 128 valence electrons. The molecule has 1 aliphatic carbocycles. The Kier molecular flexibility index (Phi) is 4.45. The van der Waals surface area contributed by atoms with Crippen molar-refractivity contribution in [2.24, 2.45) is 0 Å². The number of carbonyl (C=O) groups excluding carboxylic acids is 2. The zero-order valence-electron chi connectivity index (χ0n) is 14.5. The van der Waals surface area contributed by atoms with Crippen molar-refractivity contribution in [1.29, 1.82) is 0 Å². The molecule has 2 atom stereocenters. The van der Waals surface area contributed by atoms with E-state index >= 15 is 0 Å². The molecule has 0 spiro atoms. The summed E-state index contributed by atoms with van der Waals surface area (Å²) in [6, 6.07) is 5.39. The Morgan fingerprint density at radius 3 is 2.29 bits per heavy atom. The number of amides is 2. The van der Waals surface area contributed by atoms with Crippen LogP contribution in [-0.4, -0.2) is 35.0 Å². The lowest BCUT2D eigenvalue weighted by Gasteiger charge is -2.30. The second-order valence-electron chi connectivity index (χ2n) is 6.75. The molecule has 1 heterocycles. The SMILES string of the molecule is CC(C)Oc1cccc2c1[C@H](N1C(=O)C=CC1=O)[C@@H](OC(C)C)C2. The molecule has 1 aromatic carbocycles. The smallest absolute Gasteiger partial charge is 0.254 e. The molecule has 0 aromatic heterocycles. The minimum Gasteiger partial charge on any atom is -0.491 e. The lowest BCUT2D eigenvalue weighted by atomic mass is 10.0. The van der Waals surface area contributed by atoms with Crippen LogP contribution in [0.5, 0.6) is 5.75 Å². The van der Waals surface area contributed by atoms with Gasteiger partial charge in [-0.1, -0.05) is 12.1 Å². The molecule has 0 bridgehead atoms. The largest absolute Gasteiger partial charge is 0.491 e. The van der Waals surface area contributed by atoms with E-state index in [0.29, 0.717) is 6.42 Å². The molecule has 3 rings (SSSR count). The number of imide groups is 1. The van der Waals surface area contributed by atoms with Gasteiger partial charge in [0.15, 0.2) is 0 Å². The Morgan fingerprint density at radius 2 is 1.71 bits per heavy atom. The highest BCUT2D eigenvalue weighted by atomic mass is 16.5. The highest BCUT2D eigenvalue weighted by molar-refractivity contribution is 6.13. The van der Waals surface area contributed by atoms with Crippen LogP contribution in [0.25, 0.3) is 0 Å². The third kappa shape index (κ3) is 2.96. The number of benzene rings is 1. The summed E-state index contributed by atoms with van der Waals surface area (Å²) in [6.07, 6.45) is 3.04. The number of rotatable bonds is 5. The van der Waals surface area contributed by atoms with E-state index in [0.717, 1.165) is 16.9 Å². The van der Waals surface area contributed by atoms with Gasteiger partial charge in [-0.2, -0.15) is 0 Å². The summed E-state index contributed by atoms with van der Waals surface area (Å²) < 4.78 is 12.0. The fourth-order valence-electron chi connectivity index (χ4n) is 3.43. The second kappa shape index (κ2) is 6.40. The first-order valence-corrected chi connectivity index (χ1v) is 8.37. The van der Waals surface area contributed by atoms with Crippen molar-refractivity contribution in [3.63, 3.8) is 0 Å². The summed E-state index contributed by atoms with van der Waals surface area (Å²) in [5.74, 6) is 0.124. The summed E-state index contributed by atoms with van der Waals surface area (Å²) >= 11 is 0. The van der Waals surface area contributed by atoms with Gasteiger partial charge in [0.05, 0.1) is 24.4 Å². The van der Waals surface area contributed by atoms with E-state index in [-0.39, 0.29) is 30.1 Å². The van der Waals surface area contributed by atoms with E-state index in [9.17, 15) is 9.59 Å². The Labute approximate surface area is 142 Å². The molecule has 0 saturated carbocycles. The number of fused-ring (bicyclic) bond motifs is 1. The van der Waals surface area contributed by atoms with Crippen LogP contribution in [0, 0.1) is 0 Å². The molecule has 2 aliphatic rings. The van der Waals surface area contributed by atoms with Gasteiger partial charge in [-0.05, 0) is 39.3 Å². The second-order valence-corrected chi connectivity index (χ2v) is 6.75. The third-order valence-corrected chi connectivity index (χ3v) is 4.16. The van der Waals surface area contributed by atoms with Crippen molar-refractivity contribution in [1.82, 2.24) is 4.90 Å². The van der Waals surface area contributed by atoms with Crippen molar-refractivity contribution >= 4 is 11.8 Å². The van der Waals surface area contributed by atoms with Crippen LogP contribution in [0.1, 0.15) is 44.9 Å². The molecule has 5 nitrogen and oxygen atoms in total. The molecule has 2 amide bonds. The molecule has 0 unspecified atom stereocenters. The number of hydrogen-bond donors (Lipinski definition) is 0. The average Bonchev–Trinajstić information content (AvgIpc) is 2.98. The summed E-state index contributed by atoms with van der Waals surface area (Å²) in [4.78, 5) is 25.8. The Hall–Kier alpha value is -2.14. The fraction of sp³-hybridized carbons (Fsp3) is 0.474. The first-order valence-electron chi connectivity index (χ1n) is 8.37. The predicted octanol–water partition coefficient (Wildman–Crippen LogP) is 2.79. The van der Waals surface area contributed by atoms with Crippen LogP contribution in [0.2, 0.25) is 0 Å². The normalized spacial score (nSPS) is 22.8. The van der Waals surface area contributed by atoms with Gasteiger partial charge in [-0.3, -0.25) is 14.5 Å². The van der Waals surface area contributed by atoms with Crippen LogP contribution in [0.4, 0.5) is 0 Å². The quantitative estimate of drug-likeness (QED) is 0.780. The van der Waals surface area contributed by atoms with Gasteiger partial charge in [0.25, 0.3) is 11.8 Å². The topological polar surface area (TPSA) is 55.8 Å². The molecule has 1 aliphatic heterocycles. The molecule has 24 heavy (non-hydrogen) atoms. The summed E-state index contributed by atoms with van der Waals surface area (Å²) in [5.41, 5.74) is 1.96. The molecular weight excluding hydrogens is 306 g/mol. The number of hydrogen-bond acceptors (Lipinski definition) is 4. The van der Waals surface area contributed by atoms with Crippen LogP contribution >= 0.6 is 0 Å². The number of nitrogens with zero attached hydrogens (tertiary/aromatic N) is 1. The predicted molar refractivity (Wildman–Crippen MR) is 89.7 cm³/mol. The minimum atomic E-state index is -0.452. The van der Waals surface area contributed by atoms with E-state index in [4.69, 9.17) is 9.47 Å². The summed E-state index contributed by atoms with van der Waals surface area (Å²) in [7, 11) is 0. The lowest BCUT2D eigenvalue weighted by Crippen LogP contribution is -2.40. The Morgan fingerprint density at radius 1 is 1.04 bits per heavy atom. The van der Waals surface area contributed by atoms with E-state index in [1.54, 1.807) is 0 Å². The Balaban J connectivity index is 2.06. The van der Waals surface area contributed by atoms with Gasteiger partial charge in [-0.25, -0.2) is 0 Å². The van der Waals surface area contributed by atoms with Crippen LogP contribution in [0.3, 0.4) is 0 Å². The molecule has 0 saturated heterocycles. The molecular formula is C19H23NO4. The van der Waals surface area contributed by atoms with Gasteiger partial charge in [0.2, 0.25) is 0 Å². The van der Waals surface area contributed by atoms with Gasteiger partial charge >= 0.3 is 0 Å². The monoisotopic (exact) mass is 329 g/mol. The van der Waals surface area contributed by atoms with E-state index in [1.165, 1.54) is 17.1 Å². The molecule has 0 radical (unpaired) electrons. The zero-order chi connectivity index (χ0) is 17.4. The minimum absolute atomic E-state index is 0.00189. The van der Waals surface area contributed by atoms with Gasteiger partial charge in [0.1, 0.15) is 5.75 Å². The maximum Gasteiger partial charge on any atom is 0.254 e. The number of carbonyl (C=O) groups is 2. The van der Waals surface area contributed by atoms with E-state index < -0.39 is 6.04 Å². The molecule has 1 aromatic rings. The molecule has 0 N–H and O–H groups in total. The fourth-order valence-corrected chi connectivity index (χ4v) is 3.43. The summed E-state index contributed by atoms with van der Waals surface area (Å²) in [6.45, 7) is 7.83. The van der Waals surface area contributed by atoms with Crippen molar-refractivity contribution in [3.05, 3.63) is 41.5 Å². The van der Waals surface area contributed by atoms with Crippen LogP contribution < -0.4 is 4.74 Å². The highest BCUT2D eigenvalue weighted by Crippen LogP contribution is 2.44. The first-order chi connectivity index (χ1) is 11.4. The third-order valence-electron chi connectivity index (χ3n) is 4.16. The molecule has 5 heteroatoms. The van der Waals surface area contributed by atoms with Crippen LogP contribution in [0.15, 0.2) is 30.4 Å². The van der Waals surface area contributed by atoms with Gasteiger partial charge in [0, 0.05) is 24.1 Å². The van der Waals surface area contributed by atoms with Crippen molar-refractivity contribution < 1.29 is 19.1 Å². The zero-order valence-corrected chi connectivity index (χ0v) is 14.5. The molecule has 0 fully saturated rings. The van der Waals surface area contributed by atoms with E-state index in [2.05, 4.69) is 0 Å². The van der Waals surface area contributed by atoms with Gasteiger partial charge < -0.3 is 9.47 Å². The first kappa shape index (κ1) is 16.7. The Bertz CT molecular complexity index is 675. The van der Waals surface area contributed by atoms with Crippen molar-refractivity contribution in [3.8, 4) is 5.75 Å². The maximum absolute atomic E-state index is 12.3. The van der Waals surface area contributed by atoms with E-state index in [1.807, 2.05) is 45.9 Å². The van der Waals surface area contributed by atoms with Crippen molar-refractivity contribution in [2.45, 2.75) is 58.5 Å². The lowest BCUT2D eigenvalue weighted by molar-refractivity contribution is -0.144. The summed E-state index contributed by atoms with van der Waals surface area (Å²) in [5, 5.41) is 0. The van der Waals surface area contributed by atoms with Gasteiger partial charge in [-0.15, -0.1) is 0 Å².